The number of cyclic esters (lactones) is 1. The molecule has 1 amide bonds. The summed E-state index contributed by atoms with van der Waals surface area (Å²) in [5.74, 6) is 1.18. The first-order chi connectivity index (χ1) is 10.7. The number of hydrogen-bond donors (Lipinski definition) is 1. The van der Waals surface area contributed by atoms with E-state index < -0.39 is 12.2 Å². The Morgan fingerprint density at radius 2 is 2.14 bits per heavy atom. The summed E-state index contributed by atoms with van der Waals surface area (Å²) in [5, 5.41) is 18.0. The molecule has 4 rings (SSSR count). The molecule has 1 aromatic rings. The first kappa shape index (κ1) is 13.4. The monoisotopic (exact) mass is 296 g/mol. The highest BCUT2D eigenvalue weighted by Gasteiger charge is 2.52. The van der Waals surface area contributed by atoms with E-state index in [-0.39, 0.29) is 12.5 Å². The van der Waals surface area contributed by atoms with E-state index in [1.165, 1.54) is 10.5 Å². The van der Waals surface area contributed by atoms with Gasteiger partial charge in [0.25, 0.3) is 0 Å². The summed E-state index contributed by atoms with van der Waals surface area (Å²) < 4.78 is 5.05. The molecule has 2 fully saturated rings. The van der Waals surface area contributed by atoms with Crippen LogP contribution in [-0.4, -0.2) is 30.5 Å². The summed E-state index contributed by atoms with van der Waals surface area (Å²) >= 11 is 0. The van der Waals surface area contributed by atoms with Crippen molar-refractivity contribution < 1.29 is 14.6 Å². The quantitative estimate of drug-likeness (QED) is 0.927. The first-order valence-corrected chi connectivity index (χ1v) is 7.51. The smallest absolute Gasteiger partial charge is 0.414 e. The Hall–Kier alpha value is -2.32. The molecule has 22 heavy (non-hydrogen) atoms. The lowest BCUT2D eigenvalue weighted by atomic mass is 10.0. The Bertz CT molecular complexity index is 689. The number of carbonyl (C=O) groups is 1. The van der Waals surface area contributed by atoms with Crippen LogP contribution in [0.25, 0.3) is 5.57 Å². The van der Waals surface area contributed by atoms with Crippen LogP contribution in [-0.2, 0) is 4.74 Å². The molecule has 1 aliphatic heterocycles. The zero-order valence-electron chi connectivity index (χ0n) is 12.0. The molecule has 1 heterocycles. The van der Waals surface area contributed by atoms with Gasteiger partial charge in [0.05, 0.1) is 25.1 Å². The average molecular weight is 296 g/mol. The standard InChI is InChI=1S/C17H16N2O3/c18-7-16-14-5-11(6-15(14)16)10-1-3-12(4-2-10)19-8-13(9-20)22-17(19)21/h1-5,13-16,20H,6,8-9H2/t13-,14-,15+,16+/m1/s1. The lowest BCUT2D eigenvalue weighted by Gasteiger charge is -2.14. The van der Waals surface area contributed by atoms with E-state index in [1.54, 1.807) is 0 Å². The molecule has 3 aliphatic rings. The molecule has 0 bridgehead atoms. The maximum Gasteiger partial charge on any atom is 0.414 e. The fraction of sp³-hybridized carbons (Fsp3) is 0.412. The summed E-state index contributed by atoms with van der Waals surface area (Å²) in [6, 6.07) is 10.2. The van der Waals surface area contributed by atoms with Gasteiger partial charge in [-0.05, 0) is 41.5 Å². The fourth-order valence-electron chi connectivity index (χ4n) is 3.52. The summed E-state index contributed by atoms with van der Waals surface area (Å²) in [4.78, 5) is 13.3. The molecule has 1 N–H and O–H groups in total. The van der Waals surface area contributed by atoms with E-state index in [0.717, 1.165) is 17.7 Å². The maximum atomic E-state index is 11.8. The van der Waals surface area contributed by atoms with Crippen molar-refractivity contribution in [2.75, 3.05) is 18.1 Å². The number of amides is 1. The van der Waals surface area contributed by atoms with E-state index in [4.69, 9.17) is 15.1 Å². The predicted molar refractivity (Wildman–Crippen MR) is 79.8 cm³/mol. The second kappa shape index (κ2) is 4.85. The number of anilines is 1. The number of nitrogens with zero attached hydrogens (tertiary/aromatic N) is 2. The minimum Gasteiger partial charge on any atom is -0.441 e. The summed E-state index contributed by atoms with van der Waals surface area (Å²) in [7, 11) is 0. The van der Waals surface area contributed by atoms with Gasteiger partial charge in [-0.2, -0.15) is 5.26 Å². The van der Waals surface area contributed by atoms with Crippen LogP contribution >= 0.6 is 0 Å². The normalized spacial score (nSPS) is 32.3. The Morgan fingerprint density at radius 3 is 2.68 bits per heavy atom. The highest BCUT2D eigenvalue weighted by molar-refractivity contribution is 5.90. The van der Waals surface area contributed by atoms with E-state index in [1.807, 2.05) is 24.3 Å². The van der Waals surface area contributed by atoms with E-state index in [9.17, 15) is 4.79 Å². The van der Waals surface area contributed by atoms with Crippen molar-refractivity contribution in [1.82, 2.24) is 0 Å². The Morgan fingerprint density at radius 1 is 1.36 bits per heavy atom. The lowest BCUT2D eigenvalue weighted by Crippen LogP contribution is -2.25. The van der Waals surface area contributed by atoms with Gasteiger partial charge in [0.15, 0.2) is 0 Å². The third-order valence-electron chi connectivity index (χ3n) is 4.86. The maximum absolute atomic E-state index is 11.8. The molecule has 112 valence electrons. The number of ether oxygens (including phenoxy) is 1. The number of fused-ring (bicyclic) bond motifs is 1. The molecule has 5 nitrogen and oxygen atoms in total. The minimum atomic E-state index is -0.445. The molecule has 1 saturated carbocycles. The van der Waals surface area contributed by atoms with Crippen molar-refractivity contribution in [2.24, 2.45) is 17.8 Å². The highest BCUT2D eigenvalue weighted by atomic mass is 16.6. The van der Waals surface area contributed by atoms with Gasteiger partial charge >= 0.3 is 6.09 Å². The number of carbonyl (C=O) groups excluding carboxylic acids is 1. The number of hydrogen-bond acceptors (Lipinski definition) is 4. The topological polar surface area (TPSA) is 73.6 Å². The molecule has 0 spiro atoms. The largest absolute Gasteiger partial charge is 0.441 e. The van der Waals surface area contributed by atoms with Crippen LogP contribution in [0.3, 0.4) is 0 Å². The van der Waals surface area contributed by atoms with Crippen molar-refractivity contribution in [3.8, 4) is 6.07 Å². The molecule has 0 radical (unpaired) electrons. The number of aliphatic hydroxyl groups excluding tert-OH is 1. The van der Waals surface area contributed by atoms with Gasteiger partial charge < -0.3 is 9.84 Å². The minimum absolute atomic E-state index is 0.157. The van der Waals surface area contributed by atoms with Gasteiger partial charge in [-0.15, -0.1) is 0 Å². The summed E-state index contributed by atoms with van der Waals surface area (Å²) in [6.07, 6.45) is 2.34. The number of allylic oxidation sites excluding steroid dienone is 2. The van der Waals surface area contributed by atoms with Gasteiger partial charge in [-0.3, -0.25) is 4.90 Å². The lowest BCUT2D eigenvalue weighted by molar-refractivity contribution is 0.0963. The first-order valence-electron chi connectivity index (χ1n) is 7.51. The van der Waals surface area contributed by atoms with Crippen LogP contribution in [0.15, 0.2) is 30.3 Å². The zero-order chi connectivity index (χ0) is 15.3. The number of rotatable bonds is 3. The summed E-state index contributed by atoms with van der Waals surface area (Å²) in [6.45, 7) is 0.224. The van der Waals surface area contributed by atoms with Gasteiger partial charge in [-0.1, -0.05) is 18.2 Å². The molecule has 1 aromatic carbocycles. The van der Waals surface area contributed by atoms with E-state index in [0.29, 0.717) is 18.4 Å². The van der Waals surface area contributed by atoms with E-state index in [2.05, 4.69) is 12.1 Å². The predicted octanol–water partition coefficient (Wildman–Crippen LogP) is 2.18. The second-order valence-electron chi connectivity index (χ2n) is 6.14. The number of benzene rings is 1. The highest BCUT2D eigenvalue weighted by Crippen LogP contribution is 2.57. The zero-order valence-corrected chi connectivity index (χ0v) is 12.0. The van der Waals surface area contributed by atoms with Crippen LogP contribution < -0.4 is 4.90 Å². The van der Waals surface area contributed by atoms with Crippen LogP contribution in [0.2, 0.25) is 0 Å². The van der Waals surface area contributed by atoms with Crippen molar-refractivity contribution in [2.45, 2.75) is 12.5 Å². The Labute approximate surface area is 128 Å². The SMILES string of the molecule is N#C[C@H]1[C@@H]2C=C(c3ccc(N4C[C@H](CO)OC4=O)cc3)C[C@H]12. The van der Waals surface area contributed by atoms with Crippen molar-refractivity contribution in [1.29, 1.82) is 5.26 Å². The Kier molecular flexibility index (Phi) is 2.95. The van der Waals surface area contributed by atoms with Gasteiger partial charge in [-0.25, -0.2) is 4.79 Å². The van der Waals surface area contributed by atoms with Gasteiger partial charge in [0, 0.05) is 5.69 Å². The van der Waals surface area contributed by atoms with Gasteiger partial charge in [0.2, 0.25) is 0 Å². The third-order valence-corrected chi connectivity index (χ3v) is 4.86. The number of aliphatic hydroxyl groups is 1. The van der Waals surface area contributed by atoms with Gasteiger partial charge in [0.1, 0.15) is 6.10 Å². The van der Waals surface area contributed by atoms with Crippen LogP contribution in [0.4, 0.5) is 10.5 Å². The van der Waals surface area contributed by atoms with Crippen molar-refractivity contribution in [3.63, 3.8) is 0 Å². The molecular formula is C17H16N2O3. The molecule has 4 atom stereocenters. The second-order valence-corrected chi connectivity index (χ2v) is 6.14. The summed E-state index contributed by atoms with van der Waals surface area (Å²) in [5.41, 5.74) is 3.23. The Balaban J connectivity index is 1.49. The molecule has 1 saturated heterocycles. The van der Waals surface area contributed by atoms with Crippen LogP contribution in [0.5, 0.6) is 0 Å². The fourth-order valence-corrected chi connectivity index (χ4v) is 3.52. The third kappa shape index (κ3) is 1.99. The van der Waals surface area contributed by atoms with Crippen molar-refractivity contribution >= 4 is 17.4 Å². The molecule has 5 heteroatoms. The molecule has 2 aliphatic carbocycles. The average Bonchev–Trinajstić information content (AvgIpc) is 2.89. The molecular weight excluding hydrogens is 280 g/mol. The van der Waals surface area contributed by atoms with E-state index >= 15 is 0 Å². The molecule has 0 unspecified atom stereocenters. The molecule has 0 aromatic heterocycles. The number of nitriles is 1. The van der Waals surface area contributed by atoms with Crippen LogP contribution in [0.1, 0.15) is 12.0 Å². The van der Waals surface area contributed by atoms with Crippen molar-refractivity contribution in [3.05, 3.63) is 35.9 Å². The van der Waals surface area contributed by atoms with Crippen LogP contribution in [0, 0.1) is 29.1 Å².